The van der Waals surface area contributed by atoms with Crippen LogP contribution in [-0.2, 0) is 0 Å². The molecule has 0 fully saturated rings. The number of anilines is 6. The summed E-state index contributed by atoms with van der Waals surface area (Å²) in [5.41, 5.74) is 2.70. The minimum Gasteiger partial charge on any atom is -0.324 e. The second-order valence-electron chi connectivity index (χ2n) is 8.17. The maximum atomic E-state index is 4.64. The van der Waals surface area contributed by atoms with E-state index in [0.29, 0.717) is 17.8 Å². The second-order valence-corrected chi connectivity index (χ2v) is 8.17. The third-order valence-electron chi connectivity index (χ3n) is 5.68. The summed E-state index contributed by atoms with van der Waals surface area (Å²) in [5.74, 6) is 1.33. The molecule has 0 aliphatic carbocycles. The summed E-state index contributed by atoms with van der Waals surface area (Å²) in [4.78, 5) is 13.9. The van der Waals surface area contributed by atoms with Gasteiger partial charge in [-0.25, -0.2) is 0 Å². The SMILES string of the molecule is c1ccc(Nc2nc(Nc3ccc4ccccc4c3)nc(Nc3ccc4ccccc4c3)n2)cc1. The van der Waals surface area contributed by atoms with Gasteiger partial charge in [0.25, 0.3) is 0 Å². The van der Waals surface area contributed by atoms with Gasteiger partial charge < -0.3 is 16.0 Å². The van der Waals surface area contributed by atoms with E-state index in [2.05, 4.69) is 79.4 Å². The fourth-order valence-electron chi connectivity index (χ4n) is 3.99. The van der Waals surface area contributed by atoms with Crippen LogP contribution >= 0.6 is 0 Å². The lowest BCUT2D eigenvalue weighted by Gasteiger charge is -2.12. The van der Waals surface area contributed by atoms with Crippen LogP contribution < -0.4 is 16.0 Å². The van der Waals surface area contributed by atoms with Gasteiger partial charge in [0, 0.05) is 17.1 Å². The smallest absolute Gasteiger partial charge is 0.233 e. The van der Waals surface area contributed by atoms with Crippen LogP contribution in [-0.4, -0.2) is 15.0 Å². The summed E-state index contributed by atoms with van der Waals surface area (Å²) in [6, 6.07) is 38.7. The number of fused-ring (bicyclic) bond motifs is 2. The molecule has 0 amide bonds. The molecule has 35 heavy (non-hydrogen) atoms. The number of nitrogens with one attached hydrogen (secondary N) is 3. The molecule has 0 spiro atoms. The Morgan fingerprint density at radius 1 is 0.343 bits per heavy atom. The van der Waals surface area contributed by atoms with Gasteiger partial charge in [0.05, 0.1) is 0 Å². The second kappa shape index (κ2) is 9.11. The lowest BCUT2D eigenvalue weighted by Crippen LogP contribution is -2.07. The molecule has 6 heteroatoms. The van der Waals surface area contributed by atoms with Crippen LogP contribution in [0.3, 0.4) is 0 Å². The van der Waals surface area contributed by atoms with Crippen molar-refractivity contribution in [2.45, 2.75) is 0 Å². The number of hydrogen-bond acceptors (Lipinski definition) is 6. The fourth-order valence-corrected chi connectivity index (χ4v) is 3.99. The molecule has 0 saturated carbocycles. The van der Waals surface area contributed by atoms with E-state index in [-0.39, 0.29) is 0 Å². The van der Waals surface area contributed by atoms with Gasteiger partial charge in [0.2, 0.25) is 17.8 Å². The molecule has 0 aliphatic heterocycles. The first-order valence-corrected chi connectivity index (χ1v) is 11.4. The fraction of sp³-hybridized carbons (Fsp3) is 0. The standard InChI is InChI=1S/C29H22N6/c1-2-12-24(13-3-1)30-27-33-28(31-25-16-14-20-8-4-6-10-22(20)18-25)35-29(34-27)32-26-17-15-21-9-5-7-11-23(21)19-26/h1-19H,(H3,30,31,32,33,34,35). The Morgan fingerprint density at radius 3 is 1.23 bits per heavy atom. The Hall–Kier alpha value is -4.97. The van der Waals surface area contributed by atoms with Crippen molar-refractivity contribution in [1.82, 2.24) is 15.0 Å². The maximum Gasteiger partial charge on any atom is 0.233 e. The molecule has 0 bridgehead atoms. The number of rotatable bonds is 6. The highest BCUT2D eigenvalue weighted by molar-refractivity contribution is 5.87. The zero-order valence-corrected chi connectivity index (χ0v) is 18.8. The molecule has 6 rings (SSSR count). The van der Waals surface area contributed by atoms with Gasteiger partial charge in [0.1, 0.15) is 0 Å². The Balaban J connectivity index is 1.34. The van der Waals surface area contributed by atoms with Crippen LogP contribution in [0.25, 0.3) is 21.5 Å². The first-order valence-electron chi connectivity index (χ1n) is 11.4. The Morgan fingerprint density at radius 2 is 0.743 bits per heavy atom. The van der Waals surface area contributed by atoms with Gasteiger partial charge in [0.15, 0.2) is 0 Å². The van der Waals surface area contributed by atoms with Gasteiger partial charge >= 0.3 is 0 Å². The Bertz CT molecular complexity index is 1530. The van der Waals surface area contributed by atoms with E-state index < -0.39 is 0 Å². The van der Waals surface area contributed by atoms with Crippen molar-refractivity contribution in [2.75, 3.05) is 16.0 Å². The van der Waals surface area contributed by atoms with E-state index >= 15 is 0 Å². The summed E-state index contributed by atoms with van der Waals surface area (Å²) >= 11 is 0. The van der Waals surface area contributed by atoms with Gasteiger partial charge in [-0.1, -0.05) is 78.9 Å². The van der Waals surface area contributed by atoms with Crippen LogP contribution in [0, 0.1) is 0 Å². The topological polar surface area (TPSA) is 74.8 Å². The number of nitrogens with zero attached hydrogens (tertiary/aromatic N) is 3. The molecule has 5 aromatic carbocycles. The zero-order chi connectivity index (χ0) is 23.5. The average molecular weight is 455 g/mol. The highest BCUT2D eigenvalue weighted by Crippen LogP contribution is 2.25. The molecule has 0 radical (unpaired) electrons. The van der Waals surface area contributed by atoms with Crippen molar-refractivity contribution in [3.8, 4) is 0 Å². The third-order valence-corrected chi connectivity index (χ3v) is 5.68. The molecule has 1 aromatic heterocycles. The predicted molar refractivity (Wildman–Crippen MR) is 144 cm³/mol. The van der Waals surface area contributed by atoms with E-state index in [1.807, 2.05) is 66.7 Å². The highest BCUT2D eigenvalue weighted by atomic mass is 15.3. The maximum absolute atomic E-state index is 4.64. The first kappa shape index (κ1) is 20.6. The molecule has 168 valence electrons. The van der Waals surface area contributed by atoms with Gasteiger partial charge in [-0.05, 0) is 57.9 Å². The van der Waals surface area contributed by atoms with E-state index in [1.54, 1.807) is 0 Å². The molecule has 0 aliphatic rings. The molecule has 6 nitrogen and oxygen atoms in total. The number of aromatic nitrogens is 3. The summed E-state index contributed by atoms with van der Waals surface area (Å²) in [6.45, 7) is 0. The van der Waals surface area contributed by atoms with Crippen LogP contribution in [0.1, 0.15) is 0 Å². The Labute approximate surface area is 202 Å². The number of hydrogen-bond donors (Lipinski definition) is 3. The molecular weight excluding hydrogens is 432 g/mol. The van der Waals surface area contributed by atoms with Gasteiger partial charge in [-0.3, -0.25) is 0 Å². The van der Waals surface area contributed by atoms with Crippen LogP contribution in [0.5, 0.6) is 0 Å². The first-order chi connectivity index (χ1) is 17.3. The van der Waals surface area contributed by atoms with Crippen molar-refractivity contribution in [3.63, 3.8) is 0 Å². The van der Waals surface area contributed by atoms with Crippen molar-refractivity contribution in [2.24, 2.45) is 0 Å². The van der Waals surface area contributed by atoms with Crippen LogP contribution in [0.15, 0.2) is 115 Å². The van der Waals surface area contributed by atoms with Gasteiger partial charge in [-0.2, -0.15) is 15.0 Å². The molecule has 1 heterocycles. The van der Waals surface area contributed by atoms with Crippen molar-refractivity contribution < 1.29 is 0 Å². The summed E-state index contributed by atoms with van der Waals surface area (Å²) in [5, 5.41) is 14.6. The minimum absolute atomic E-state index is 0.442. The molecule has 0 atom stereocenters. The lowest BCUT2D eigenvalue weighted by atomic mass is 10.1. The van der Waals surface area contributed by atoms with E-state index in [1.165, 1.54) is 10.8 Å². The summed E-state index contributed by atoms with van der Waals surface area (Å²) < 4.78 is 0. The zero-order valence-electron chi connectivity index (χ0n) is 18.8. The average Bonchev–Trinajstić information content (AvgIpc) is 2.89. The minimum atomic E-state index is 0.442. The largest absolute Gasteiger partial charge is 0.324 e. The highest BCUT2D eigenvalue weighted by Gasteiger charge is 2.09. The van der Waals surface area contributed by atoms with Gasteiger partial charge in [-0.15, -0.1) is 0 Å². The molecule has 3 N–H and O–H groups in total. The quantitative estimate of drug-likeness (QED) is 0.243. The molecule has 6 aromatic rings. The van der Waals surface area contributed by atoms with E-state index in [4.69, 9.17) is 0 Å². The van der Waals surface area contributed by atoms with Crippen LogP contribution in [0.4, 0.5) is 34.9 Å². The van der Waals surface area contributed by atoms with Crippen LogP contribution in [0.2, 0.25) is 0 Å². The molecule has 0 saturated heterocycles. The molecule has 0 unspecified atom stereocenters. The van der Waals surface area contributed by atoms with Crippen molar-refractivity contribution >= 4 is 56.5 Å². The Kier molecular flexibility index (Phi) is 5.37. The monoisotopic (exact) mass is 454 g/mol. The third kappa shape index (κ3) is 4.72. The lowest BCUT2D eigenvalue weighted by molar-refractivity contribution is 1.06. The summed E-state index contributed by atoms with van der Waals surface area (Å²) in [6.07, 6.45) is 0. The number of para-hydroxylation sites is 1. The number of benzene rings is 5. The van der Waals surface area contributed by atoms with Crippen molar-refractivity contribution in [1.29, 1.82) is 0 Å². The molecular formula is C29H22N6. The summed E-state index contributed by atoms with van der Waals surface area (Å²) in [7, 11) is 0. The normalized spacial score (nSPS) is 10.9. The van der Waals surface area contributed by atoms with E-state index in [9.17, 15) is 0 Å². The van der Waals surface area contributed by atoms with Crippen molar-refractivity contribution in [3.05, 3.63) is 115 Å². The predicted octanol–water partition coefficient (Wildman–Crippen LogP) is 7.41. The van der Waals surface area contributed by atoms with E-state index in [0.717, 1.165) is 27.8 Å².